The van der Waals surface area contributed by atoms with Crippen LogP contribution in [0.25, 0.3) is 0 Å². The van der Waals surface area contributed by atoms with Crippen LogP contribution < -0.4 is 10.6 Å². The summed E-state index contributed by atoms with van der Waals surface area (Å²) in [5, 5.41) is 7.64. The van der Waals surface area contributed by atoms with Crippen molar-refractivity contribution < 1.29 is 14.3 Å². The highest BCUT2D eigenvalue weighted by Gasteiger charge is 2.15. The van der Waals surface area contributed by atoms with E-state index >= 15 is 0 Å². The monoisotopic (exact) mass is 421 g/mol. The number of nitrogens with zero attached hydrogens (tertiary/aromatic N) is 1. The van der Waals surface area contributed by atoms with Crippen LogP contribution in [0.4, 0.5) is 11.4 Å². The fraction of sp³-hybridized carbons (Fsp3) is 0.217. The molecule has 30 heavy (non-hydrogen) atoms. The summed E-state index contributed by atoms with van der Waals surface area (Å²) in [5.41, 5.74) is 2.76. The van der Waals surface area contributed by atoms with Crippen LogP contribution in [0, 0.1) is 0 Å². The molecule has 4 rings (SSSR count). The zero-order valence-corrected chi connectivity index (χ0v) is 17.3. The summed E-state index contributed by atoms with van der Waals surface area (Å²) in [6.07, 6.45) is 0. The van der Waals surface area contributed by atoms with Crippen LogP contribution in [-0.4, -0.2) is 43.0 Å². The maximum Gasteiger partial charge on any atom is 0.265 e. The third kappa shape index (κ3) is 5.13. The zero-order chi connectivity index (χ0) is 20.8. The fourth-order valence-electron chi connectivity index (χ4n) is 3.35. The summed E-state index contributed by atoms with van der Waals surface area (Å²) in [6.45, 7) is 4.15. The van der Waals surface area contributed by atoms with Gasteiger partial charge < -0.3 is 15.4 Å². The van der Waals surface area contributed by atoms with Crippen molar-refractivity contribution in [1.82, 2.24) is 4.90 Å². The second-order valence-corrected chi connectivity index (χ2v) is 7.97. The van der Waals surface area contributed by atoms with Gasteiger partial charge in [-0.2, -0.15) is 0 Å². The van der Waals surface area contributed by atoms with Crippen LogP contribution in [0.15, 0.2) is 66.0 Å². The first kappa shape index (κ1) is 20.3. The molecule has 2 amide bonds. The molecule has 6 nitrogen and oxygen atoms in total. The van der Waals surface area contributed by atoms with Crippen LogP contribution in [0.2, 0.25) is 0 Å². The Labute approximate surface area is 179 Å². The van der Waals surface area contributed by atoms with Crippen molar-refractivity contribution in [3.05, 3.63) is 82.0 Å². The Morgan fingerprint density at radius 2 is 1.77 bits per heavy atom. The molecule has 154 valence electrons. The van der Waals surface area contributed by atoms with Gasteiger partial charge in [-0.1, -0.05) is 30.3 Å². The lowest BCUT2D eigenvalue weighted by Crippen LogP contribution is -2.35. The third-order valence-electron chi connectivity index (χ3n) is 4.86. The number of rotatable bonds is 6. The van der Waals surface area contributed by atoms with E-state index in [4.69, 9.17) is 4.74 Å². The first-order valence-corrected chi connectivity index (χ1v) is 10.7. The molecule has 2 heterocycles. The Morgan fingerprint density at radius 1 is 0.933 bits per heavy atom. The number of para-hydroxylation sites is 1. The largest absolute Gasteiger partial charge is 0.379 e. The Bertz CT molecular complexity index is 1010. The van der Waals surface area contributed by atoms with Crippen LogP contribution in [0.1, 0.15) is 25.6 Å². The summed E-state index contributed by atoms with van der Waals surface area (Å²) in [5.74, 6) is -0.488. The summed E-state index contributed by atoms with van der Waals surface area (Å²) < 4.78 is 5.40. The lowest BCUT2D eigenvalue weighted by molar-refractivity contribution is 0.0342. The molecule has 0 atom stereocenters. The number of hydrogen-bond acceptors (Lipinski definition) is 5. The number of hydrogen-bond donors (Lipinski definition) is 2. The Hall–Kier alpha value is -3.00. The second kappa shape index (κ2) is 9.67. The van der Waals surface area contributed by atoms with Crippen molar-refractivity contribution in [2.75, 3.05) is 36.9 Å². The Balaban J connectivity index is 1.45. The molecule has 0 bridgehead atoms. The molecule has 1 aliphatic heterocycles. The maximum atomic E-state index is 12.9. The number of ether oxygens (including phenoxy) is 1. The molecule has 1 aliphatic rings. The van der Waals surface area contributed by atoms with E-state index in [1.807, 2.05) is 29.6 Å². The maximum absolute atomic E-state index is 12.9. The first-order chi connectivity index (χ1) is 14.7. The predicted molar refractivity (Wildman–Crippen MR) is 119 cm³/mol. The van der Waals surface area contributed by atoms with Gasteiger partial charge in [-0.05, 0) is 41.3 Å². The van der Waals surface area contributed by atoms with Gasteiger partial charge in [0.25, 0.3) is 11.8 Å². The average Bonchev–Trinajstić information content (AvgIpc) is 3.30. The minimum Gasteiger partial charge on any atom is -0.379 e. The van der Waals surface area contributed by atoms with E-state index in [1.165, 1.54) is 11.3 Å². The molecule has 1 fully saturated rings. The van der Waals surface area contributed by atoms with Crippen LogP contribution in [0.3, 0.4) is 0 Å². The van der Waals surface area contributed by atoms with Crippen molar-refractivity contribution in [3.63, 3.8) is 0 Å². The highest BCUT2D eigenvalue weighted by atomic mass is 32.1. The van der Waals surface area contributed by atoms with Crippen molar-refractivity contribution in [1.29, 1.82) is 0 Å². The molecular weight excluding hydrogens is 398 g/mol. The molecule has 0 aliphatic carbocycles. The predicted octanol–water partition coefficient (Wildman–Crippen LogP) is 4.08. The third-order valence-corrected chi connectivity index (χ3v) is 5.73. The van der Waals surface area contributed by atoms with E-state index in [2.05, 4.69) is 21.6 Å². The molecule has 0 saturated carbocycles. The first-order valence-electron chi connectivity index (χ1n) is 9.83. The van der Waals surface area contributed by atoms with Crippen LogP contribution >= 0.6 is 11.3 Å². The van der Waals surface area contributed by atoms with Crippen molar-refractivity contribution >= 4 is 34.5 Å². The second-order valence-electron chi connectivity index (χ2n) is 7.02. The van der Waals surface area contributed by atoms with E-state index in [0.29, 0.717) is 16.1 Å². The van der Waals surface area contributed by atoms with Crippen molar-refractivity contribution in [2.45, 2.75) is 6.54 Å². The molecular formula is C23H23N3O3S. The van der Waals surface area contributed by atoms with E-state index in [9.17, 15) is 9.59 Å². The van der Waals surface area contributed by atoms with Gasteiger partial charge in [-0.15, -0.1) is 11.3 Å². The fourth-order valence-corrected chi connectivity index (χ4v) is 3.96. The number of thiophene rings is 1. The smallest absolute Gasteiger partial charge is 0.265 e. The molecule has 1 aromatic heterocycles. The standard InChI is InChI=1S/C23H23N3O3S/c27-22(19-7-1-2-8-20(19)25-23(28)21-9-4-14-30-21)24-18-6-3-5-17(15-18)16-26-10-12-29-13-11-26/h1-9,14-15H,10-13,16H2,(H,24,27)(H,25,28). The summed E-state index contributed by atoms with van der Waals surface area (Å²) in [4.78, 5) is 28.2. The molecule has 1 saturated heterocycles. The normalized spacial score (nSPS) is 14.3. The van der Waals surface area contributed by atoms with E-state index < -0.39 is 0 Å². The summed E-state index contributed by atoms with van der Waals surface area (Å²) >= 11 is 1.36. The topological polar surface area (TPSA) is 70.7 Å². The number of nitrogens with one attached hydrogen (secondary N) is 2. The lowest BCUT2D eigenvalue weighted by Gasteiger charge is -2.26. The molecule has 2 aromatic carbocycles. The number of carbonyl (C=O) groups is 2. The van der Waals surface area contributed by atoms with Crippen LogP contribution in [-0.2, 0) is 11.3 Å². The van der Waals surface area contributed by atoms with Gasteiger partial charge in [0, 0.05) is 25.3 Å². The Kier molecular flexibility index (Phi) is 6.53. The van der Waals surface area contributed by atoms with E-state index in [1.54, 1.807) is 30.3 Å². The van der Waals surface area contributed by atoms with Gasteiger partial charge in [0.2, 0.25) is 0 Å². The SMILES string of the molecule is O=C(Nc1ccccc1C(=O)Nc1cccc(CN2CCOCC2)c1)c1cccs1. The van der Waals surface area contributed by atoms with Gasteiger partial charge in [0.1, 0.15) is 0 Å². The van der Waals surface area contributed by atoms with Gasteiger partial charge >= 0.3 is 0 Å². The number of carbonyl (C=O) groups excluding carboxylic acids is 2. The molecule has 0 unspecified atom stereocenters. The van der Waals surface area contributed by atoms with Crippen molar-refractivity contribution in [2.24, 2.45) is 0 Å². The number of benzene rings is 2. The molecule has 3 aromatic rings. The summed E-state index contributed by atoms with van der Waals surface area (Å²) in [7, 11) is 0. The lowest BCUT2D eigenvalue weighted by atomic mass is 10.1. The van der Waals surface area contributed by atoms with E-state index in [0.717, 1.165) is 44.1 Å². The van der Waals surface area contributed by atoms with Crippen molar-refractivity contribution in [3.8, 4) is 0 Å². The molecule has 7 heteroatoms. The van der Waals surface area contributed by atoms with Gasteiger partial charge in [-0.3, -0.25) is 14.5 Å². The quantitative estimate of drug-likeness (QED) is 0.629. The number of amides is 2. The minimum atomic E-state index is -0.263. The Morgan fingerprint density at radius 3 is 2.57 bits per heavy atom. The average molecular weight is 422 g/mol. The number of anilines is 2. The molecule has 2 N–H and O–H groups in total. The zero-order valence-electron chi connectivity index (χ0n) is 16.5. The van der Waals surface area contributed by atoms with Gasteiger partial charge in [0.05, 0.1) is 29.3 Å². The highest BCUT2D eigenvalue weighted by molar-refractivity contribution is 7.12. The van der Waals surface area contributed by atoms with Gasteiger partial charge in [0.15, 0.2) is 0 Å². The number of morpholine rings is 1. The summed E-state index contributed by atoms with van der Waals surface area (Å²) in [6, 6.07) is 18.4. The van der Waals surface area contributed by atoms with E-state index in [-0.39, 0.29) is 11.8 Å². The van der Waals surface area contributed by atoms with Crippen LogP contribution in [0.5, 0.6) is 0 Å². The highest BCUT2D eigenvalue weighted by Crippen LogP contribution is 2.20. The van der Waals surface area contributed by atoms with Gasteiger partial charge in [-0.25, -0.2) is 0 Å². The molecule has 0 spiro atoms. The minimum absolute atomic E-state index is 0.224. The molecule has 0 radical (unpaired) electrons.